The van der Waals surface area contributed by atoms with Gasteiger partial charge in [0.25, 0.3) is 0 Å². The van der Waals surface area contributed by atoms with Gasteiger partial charge in [0.05, 0.1) is 6.61 Å². The lowest BCUT2D eigenvalue weighted by Gasteiger charge is -2.03. The van der Waals surface area contributed by atoms with Gasteiger partial charge in [-0.15, -0.1) is 0 Å². The topological polar surface area (TPSA) is 29.5 Å². The third-order valence-electron chi connectivity index (χ3n) is 1.00. The zero-order valence-corrected chi connectivity index (χ0v) is 5.49. The van der Waals surface area contributed by atoms with Gasteiger partial charge in [-0.25, -0.2) is 0 Å². The SMILES string of the molecule is OC1CSCCCO1. The van der Waals surface area contributed by atoms with Crippen LogP contribution in [0.3, 0.4) is 0 Å². The first kappa shape index (κ1) is 6.39. The number of ether oxygens (including phenoxy) is 1. The van der Waals surface area contributed by atoms with Crippen LogP contribution in [-0.2, 0) is 4.74 Å². The van der Waals surface area contributed by atoms with Gasteiger partial charge >= 0.3 is 0 Å². The smallest absolute Gasteiger partial charge is 0.163 e. The van der Waals surface area contributed by atoms with Crippen molar-refractivity contribution in [3.05, 3.63) is 0 Å². The fourth-order valence-corrected chi connectivity index (χ4v) is 1.40. The van der Waals surface area contributed by atoms with E-state index in [4.69, 9.17) is 9.84 Å². The van der Waals surface area contributed by atoms with Gasteiger partial charge in [0.2, 0.25) is 0 Å². The first-order valence-electron chi connectivity index (χ1n) is 2.77. The van der Waals surface area contributed by atoms with Crippen molar-refractivity contribution in [3.63, 3.8) is 0 Å². The first-order chi connectivity index (χ1) is 3.89. The van der Waals surface area contributed by atoms with Crippen LogP contribution in [0.2, 0.25) is 0 Å². The number of aliphatic hydroxyl groups is 1. The molecular formula is C5H10O2S. The summed E-state index contributed by atoms with van der Waals surface area (Å²) < 4.78 is 4.94. The lowest BCUT2D eigenvalue weighted by atomic mass is 10.5. The normalized spacial score (nSPS) is 31.9. The maximum atomic E-state index is 8.85. The summed E-state index contributed by atoms with van der Waals surface area (Å²) >= 11 is 1.75. The summed E-state index contributed by atoms with van der Waals surface area (Å²) in [6.45, 7) is 0.716. The Morgan fingerprint density at radius 3 is 3.38 bits per heavy atom. The van der Waals surface area contributed by atoms with Crippen LogP contribution >= 0.6 is 11.8 Å². The Bertz CT molecular complexity index is 59.4. The second-order valence-corrected chi connectivity index (χ2v) is 2.90. The predicted octanol–water partition coefficient (Wildman–Crippen LogP) is 0.458. The molecule has 1 atom stereocenters. The molecule has 1 rings (SSSR count). The number of hydrogen-bond acceptors (Lipinski definition) is 3. The van der Waals surface area contributed by atoms with E-state index in [1.807, 2.05) is 0 Å². The molecule has 0 aromatic rings. The van der Waals surface area contributed by atoms with E-state index >= 15 is 0 Å². The highest BCUT2D eigenvalue weighted by Gasteiger charge is 2.06. The number of thioether (sulfide) groups is 1. The molecule has 0 radical (unpaired) electrons. The molecule has 0 bridgehead atoms. The van der Waals surface area contributed by atoms with Crippen LogP contribution in [-0.4, -0.2) is 29.5 Å². The van der Waals surface area contributed by atoms with E-state index in [2.05, 4.69) is 0 Å². The quantitative estimate of drug-likeness (QED) is 0.522. The molecule has 1 fully saturated rings. The van der Waals surface area contributed by atoms with Gasteiger partial charge in [0, 0.05) is 5.75 Å². The molecule has 8 heavy (non-hydrogen) atoms. The Morgan fingerprint density at radius 1 is 1.62 bits per heavy atom. The number of rotatable bonds is 0. The molecule has 1 saturated heterocycles. The molecule has 2 nitrogen and oxygen atoms in total. The average Bonchev–Trinajstić information content (AvgIpc) is 1.94. The second kappa shape index (κ2) is 3.33. The maximum absolute atomic E-state index is 8.85. The van der Waals surface area contributed by atoms with E-state index in [1.54, 1.807) is 11.8 Å². The largest absolute Gasteiger partial charge is 0.367 e. The Morgan fingerprint density at radius 2 is 2.50 bits per heavy atom. The van der Waals surface area contributed by atoms with Gasteiger partial charge in [-0.2, -0.15) is 11.8 Å². The van der Waals surface area contributed by atoms with E-state index in [0.717, 1.165) is 17.9 Å². The van der Waals surface area contributed by atoms with Crippen LogP contribution in [0, 0.1) is 0 Å². The summed E-state index contributed by atoms with van der Waals surface area (Å²) in [6, 6.07) is 0. The standard InChI is InChI=1S/C5H10O2S/c6-5-4-8-3-1-2-7-5/h5-6H,1-4H2. The van der Waals surface area contributed by atoms with Crippen molar-refractivity contribution in [1.82, 2.24) is 0 Å². The molecule has 0 aromatic carbocycles. The van der Waals surface area contributed by atoms with E-state index in [9.17, 15) is 0 Å². The van der Waals surface area contributed by atoms with Crippen molar-refractivity contribution in [2.75, 3.05) is 18.1 Å². The van der Waals surface area contributed by atoms with Gasteiger partial charge in [0.15, 0.2) is 6.29 Å². The van der Waals surface area contributed by atoms with Crippen LogP contribution < -0.4 is 0 Å². The Labute approximate surface area is 53.2 Å². The summed E-state index contributed by atoms with van der Waals surface area (Å²) in [5, 5.41) is 8.85. The molecule has 0 aliphatic carbocycles. The molecule has 1 aliphatic heterocycles. The zero-order chi connectivity index (χ0) is 5.82. The number of hydrogen-bond donors (Lipinski definition) is 1. The van der Waals surface area contributed by atoms with Crippen LogP contribution in [0.1, 0.15) is 6.42 Å². The highest BCUT2D eigenvalue weighted by Crippen LogP contribution is 2.10. The lowest BCUT2D eigenvalue weighted by molar-refractivity contribution is -0.0789. The monoisotopic (exact) mass is 134 g/mol. The molecule has 1 unspecified atom stereocenters. The van der Waals surface area contributed by atoms with Gasteiger partial charge in [-0.1, -0.05) is 0 Å². The van der Waals surface area contributed by atoms with Gasteiger partial charge in [-0.3, -0.25) is 0 Å². The van der Waals surface area contributed by atoms with Crippen molar-refractivity contribution in [3.8, 4) is 0 Å². The Balaban J connectivity index is 2.17. The molecule has 0 aromatic heterocycles. The summed E-state index contributed by atoms with van der Waals surface area (Å²) in [5.41, 5.74) is 0. The van der Waals surface area contributed by atoms with Gasteiger partial charge < -0.3 is 9.84 Å². The third kappa shape index (κ3) is 2.03. The van der Waals surface area contributed by atoms with Crippen molar-refractivity contribution in [1.29, 1.82) is 0 Å². The fourth-order valence-electron chi connectivity index (χ4n) is 0.613. The van der Waals surface area contributed by atoms with E-state index in [0.29, 0.717) is 6.61 Å². The highest BCUT2D eigenvalue weighted by molar-refractivity contribution is 7.99. The van der Waals surface area contributed by atoms with E-state index in [1.165, 1.54) is 0 Å². The molecular weight excluding hydrogens is 124 g/mol. The van der Waals surface area contributed by atoms with Crippen molar-refractivity contribution in [2.24, 2.45) is 0 Å². The van der Waals surface area contributed by atoms with Crippen LogP contribution in [0.15, 0.2) is 0 Å². The number of aliphatic hydroxyl groups excluding tert-OH is 1. The molecule has 0 saturated carbocycles. The molecule has 1 heterocycles. The van der Waals surface area contributed by atoms with Crippen LogP contribution in [0.25, 0.3) is 0 Å². The summed E-state index contributed by atoms with van der Waals surface area (Å²) in [4.78, 5) is 0. The van der Waals surface area contributed by atoms with Crippen molar-refractivity contribution < 1.29 is 9.84 Å². The molecule has 0 spiro atoms. The molecule has 1 aliphatic rings. The summed E-state index contributed by atoms with van der Waals surface area (Å²) in [5.74, 6) is 1.86. The molecule has 3 heteroatoms. The van der Waals surface area contributed by atoms with Crippen molar-refractivity contribution in [2.45, 2.75) is 12.7 Å². The maximum Gasteiger partial charge on any atom is 0.163 e. The Hall–Kier alpha value is 0.270. The lowest BCUT2D eigenvalue weighted by Crippen LogP contribution is -2.12. The van der Waals surface area contributed by atoms with Gasteiger partial charge in [-0.05, 0) is 12.2 Å². The van der Waals surface area contributed by atoms with E-state index < -0.39 is 6.29 Å². The molecule has 1 N–H and O–H groups in total. The minimum absolute atomic E-state index is 0.512. The highest BCUT2D eigenvalue weighted by atomic mass is 32.2. The van der Waals surface area contributed by atoms with Crippen LogP contribution in [0.5, 0.6) is 0 Å². The predicted molar refractivity (Wildman–Crippen MR) is 33.9 cm³/mol. The molecule has 48 valence electrons. The summed E-state index contributed by atoms with van der Waals surface area (Å²) in [6.07, 6.45) is 0.560. The minimum atomic E-state index is -0.512. The molecule has 0 amide bonds. The Kier molecular flexibility index (Phi) is 2.66. The van der Waals surface area contributed by atoms with Crippen molar-refractivity contribution >= 4 is 11.8 Å². The fraction of sp³-hybridized carbons (Fsp3) is 1.00. The van der Waals surface area contributed by atoms with Gasteiger partial charge in [0.1, 0.15) is 0 Å². The first-order valence-corrected chi connectivity index (χ1v) is 3.92. The summed E-state index contributed by atoms with van der Waals surface area (Å²) in [7, 11) is 0. The second-order valence-electron chi connectivity index (χ2n) is 1.75. The van der Waals surface area contributed by atoms with Crippen LogP contribution in [0.4, 0.5) is 0 Å². The third-order valence-corrected chi connectivity index (χ3v) is 2.10. The minimum Gasteiger partial charge on any atom is -0.367 e. The zero-order valence-electron chi connectivity index (χ0n) is 4.67. The van der Waals surface area contributed by atoms with E-state index in [-0.39, 0.29) is 0 Å². The average molecular weight is 134 g/mol.